The van der Waals surface area contributed by atoms with Gasteiger partial charge in [-0.15, -0.1) is 0 Å². The molecule has 4 heteroatoms. The van der Waals surface area contributed by atoms with E-state index >= 15 is 0 Å². The molecule has 1 aromatic heterocycles. The van der Waals surface area contributed by atoms with Crippen LogP contribution in [0, 0.1) is 0 Å². The molecule has 0 radical (unpaired) electrons. The average molecular weight is 283 g/mol. The van der Waals surface area contributed by atoms with Crippen LogP contribution in [-0.4, -0.2) is 49.2 Å². The van der Waals surface area contributed by atoms with Gasteiger partial charge in [-0.25, -0.2) is 4.98 Å². The minimum Gasteiger partial charge on any atom is -0.492 e. The Morgan fingerprint density at radius 1 is 0.905 bits per heavy atom. The third-order valence-corrected chi connectivity index (χ3v) is 3.77. The molecule has 0 atom stereocenters. The summed E-state index contributed by atoms with van der Waals surface area (Å²) in [5, 5.41) is 0. The van der Waals surface area contributed by atoms with Crippen molar-refractivity contribution in [3.05, 3.63) is 54.7 Å². The second kappa shape index (κ2) is 7.09. The number of ether oxygens (including phenoxy) is 1. The molecule has 3 rings (SSSR count). The zero-order valence-corrected chi connectivity index (χ0v) is 12.2. The first-order valence-corrected chi connectivity index (χ1v) is 7.48. The molecule has 0 unspecified atom stereocenters. The maximum atomic E-state index is 5.75. The van der Waals surface area contributed by atoms with Crippen molar-refractivity contribution >= 4 is 5.82 Å². The Kier molecular flexibility index (Phi) is 4.69. The van der Waals surface area contributed by atoms with Crippen LogP contribution in [0.25, 0.3) is 0 Å². The predicted molar refractivity (Wildman–Crippen MR) is 84.8 cm³/mol. The second-order valence-electron chi connectivity index (χ2n) is 5.18. The molecular formula is C17H21N3O. The number of nitrogens with zero attached hydrogens (tertiary/aromatic N) is 3. The normalized spacial score (nSPS) is 15.9. The topological polar surface area (TPSA) is 28.6 Å². The first-order chi connectivity index (χ1) is 10.4. The van der Waals surface area contributed by atoms with Gasteiger partial charge < -0.3 is 9.64 Å². The van der Waals surface area contributed by atoms with E-state index in [-0.39, 0.29) is 0 Å². The number of anilines is 1. The standard InChI is InChI=1S/C17H21N3O/c1-2-6-16(7-3-1)21-15-14-19-10-12-20(13-11-19)17-8-4-5-9-18-17/h1-9H,10-15H2. The molecule has 21 heavy (non-hydrogen) atoms. The van der Waals surface area contributed by atoms with Gasteiger partial charge >= 0.3 is 0 Å². The van der Waals surface area contributed by atoms with E-state index in [1.165, 1.54) is 0 Å². The molecule has 0 N–H and O–H groups in total. The average Bonchev–Trinajstić information content (AvgIpc) is 2.57. The molecule has 2 heterocycles. The van der Waals surface area contributed by atoms with E-state index in [0.29, 0.717) is 0 Å². The summed E-state index contributed by atoms with van der Waals surface area (Å²) in [5.74, 6) is 2.03. The summed E-state index contributed by atoms with van der Waals surface area (Å²) in [7, 11) is 0. The molecule has 0 aliphatic carbocycles. The van der Waals surface area contributed by atoms with E-state index in [9.17, 15) is 0 Å². The van der Waals surface area contributed by atoms with Crippen molar-refractivity contribution in [2.45, 2.75) is 0 Å². The second-order valence-corrected chi connectivity index (χ2v) is 5.18. The van der Waals surface area contributed by atoms with Gasteiger partial charge in [0.25, 0.3) is 0 Å². The molecule has 0 amide bonds. The van der Waals surface area contributed by atoms with Crippen LogP contribution in [0.3, 0.4) is 0 Å². The Bertz CT molecular complexity index is 521. The highest BCUT2D eigenvalue weighted by Crippen LogP contribution is 2.12. The first kappa shape index (κ1) is 13.9. The molecule has 2 aromatic rings. The van der Waals surface area contributed by atoms with Gasteiger partial charge in [0.2, 0.25) is 0 Å². The Hall–Kier alpha value is -2.07. The molecule has 0 bridgehead atoms. The highest BCUT2D eigenvalue weighted by molar-refractivity contribution is 5.38. The number of aromatic nitrogens is 1. The van der Waals surface area contributed by atoms with E-state index in [4.69, 9.17) is 4.74 Å². The van der Waals surface area contributed by atoms with Gasteiger partial charge in [-0.3, -0.25) is 4.90 Å². The highest BCUT2D eigenvalue weighted by atomic mass is 16.5. The summed E-state index contributed by atoms with van der Waals surface area (Å²) in [6, 6.07) is 16.1. The zero-order chi connectivity index (χ0) is 14.3. The fourth-order valence-corrected chi connectivity index (χ4v) is 2.55. The minimum absolute atomic E-state index is 0.744. The van der Waals surface area contributed by atoms with Crippen LogP contribution in [-0.2, 0) is 0 Å². The van der Waals surface area contributed by atoms with Crippen LogP contribution >= 0.6 is 0 Å². The number of para-hydroxylation sites is 1. The molecule has 0 saturated carbocycles. The summed E-state index contributed by atoms with van der Waals surface area (Å²) in [4.78, 5) is 9.20. The fourth-order valence-electron chi connectivity index (χ4n) is 2.55. The number of rotatable bonds is 5. The fraction of sp³-hybridized carbons (Fsp3) is 0.353. The van der Waals surface area contributed by atoms with Gasteiger partial charge in [0, 0.05) is 38.9 Å². The Morgan fingerprint density at radius 2 is 1.67 bits per heavy atom. The molecule has 0 spiro atoms. The maximum absolute atomic E-state index is 5.75. The number of hydrogen-bond donors (Lipinski definition) is 0. The Morgan fingerprint density at radius 3 is 2.38 bits per heavy atom. The molecular weight excluding hydrogens is 262 g/mol. The molecule has 1 fully saturated rings. The lowest BCUT2D eigenvalue weighted by atomic mass is 10.3. The minimum atomic E-state index is 0.744. The third-order valence-electron chi connectivity index (χ3n) is 3.77. The van der Waals surface area contributed by atoms with E-state index in [1.807, 2.05) is 48.7 Å². The highest BCUT2D eigenvalue weighted by Gasteiger charge is 2.17. The molecule has 1 saturated heterocycles. The SMILES string of the molecule is c1ccc(OCCN2CCN(c3ccccn3)CC2)cc1. The summed E-state index contributed by atoms with van der Waals surface area (Å²) in [5.41, 5.74) is 0. The molecule has 1 aliphatic heterocycles. The summed E-state index contributed by atoms with van der Waals surface area (Å²) in [6.45, 7) is 5.91. The molecule has 1 aliphatic rings. The van der Waals surface area contributed by atoms with Crippen molar-refractivity contribution in [3.8, 4) is 5.75 Å². The van der Waals surface area contributed by atoms with Crippen LogP contribution in [0.4, 0.5) is 5.82 Å². The summed E-state index contributed by atoms with van der Waals surface area (Å²) >= 11 is 0. The molecule has 1 aromatic carbocycles. The smallest absolute Gasteiger partial charge is 0.128 e. The van der Waals surface area contributed by atoms with Gasteiger partial charge in [0.05, 0.1) is 0 Å². The lowest BCUT2D eigenvalue weighted by Gasteiger charge is -2.35. The van der Waals surface area contributed by atoms with Gasteiger partial charge in [-0.2, -0.15) is 0 Å². The zero-order valence-electron chi connectivity index (χ0n) is 12.2. The van der Waals surface area contributed by atoms with Gasteiger partial charge in [0.1, 0.15) is 18.2 Å². The van der Waals surface area contributed by atoms with E-state index in [0.717, 1.165) is 50.9 Å². The van der Waals surface area contributed by atoms with Crippen LogP contribution in [0.5, 0.6) is 5.75 Å². The summed E-state index contributed by atoms with van der Waals surface area (Å²) < 4.78 is 5.75. The Balaban J connectivity index is 1.40. The number of hydrogen-bond acceptors (Lipinski definition) is 4. The van der Waals surface area contributed by atoms with Crippen LogP contribution in [0.2, 0.25) is 0 Å². The van der Waals surface area contributed by atoms with Crippen LogP contribution < -0.4 is 9.64 Å². The van der Waals surface area contributed by atoms with Crippen molar-refractivity contribution in [2.75, 3.05) is 44.2 Å². The van der Waals surface area contributed by atoms with Crippen molar-refractivity contribution in [1.82, 2.24) is 9.88 Å². The van der Waals surface area contributed by atoms with E-state index in [2.05, 4.69) is 20.9 Å². The van der Waals surface area contributed by atoms with Crippen molar-refractivity contribution in [2.24, 2.45) is 0 Å². The summed E-state index contributed by atoms with van der Waals surface area (Å²) in [6.07, 6.45) is 1.86. The number of pyridine rings is 1. The monoisotopic (exact) mass is 283 g/mol. The number of piperazine rings is 1. The van der Waals surface area contributed by atoms with Gasteiger partial charge in [-0.1, -0.05) is 24.3 Å². The third kappa shape index (κ3) is 3.95. The van der Waals surface area contributed by atoms with E-state index < -0.39 is 0 Å². The van der Waals surface area contributed by atoms with Crippen LogP contribution in [0.1, 0.15) is 0 Å². The van der Waals surface area contributed by atoms with Crippen molar-refractivity contribution in [1.29, 1.82) is 0 Å². The predicted octanol–water partition coefficient (Wildman–Crippen LogP) is 2.28. The molecule has 4 nitrogen and oxygen atoms in total. The van der Waals surface area contributed by atoms with E-state index in [1.54, 1.807) is 0 Å². The maximum Gasteiger partial charge on any atom is 0.128 e. The number of benzene rings is 1. The largest absolute Gasteiger partial charge is 0.492 e. The lowest BCUT2D eigenvalue weighted by Crippen LogP contribution is -2.47. The van der Waals surface area contributed by atoms with Gasteiger partial charge in [0.15, 0.2) is 0 Å². The first-order valence-electron chi connectivity index (χ1n) is 7.48. The van der Waals surface area contributed by atoms with Crippen molar-refractivity contribution in [3.63, 3.8) is 0 Å². The Labute approximate surface area is 126 Å². The lowest BCUT2D eigenvalue weighted by molar-refractivity contribution is 0.200. The molecule has 110 valence electrons. The van der Waals surface area contributed by atoms with Crippen molar-refractivity contribution < 1.29 is 4.74 Å². The van der Waals surface area contributed by atoms with Gasteiger partial charge in [-0.05, 0) is 24.3 Å². The quantitative estimate of drug-likeness (QED) is 0.842. The van der Waals surface area contributed by atoms with Crippen LogP contribution in [0.15, 0.2) is 54.7 Å².